The summed E-state index contributed by atoms with van der Waals surface area (Å²) >= 11 is 1.24. The molecule has 1 fully saturated rings. The van der Waals surface area contributed by atoms with Crippen LogP contribution >= 0.6 is 11.3 Å². The predicted octanol–water partition coefficient (Wildman–Crippen LogP) is 1.61. The number of primary sulfonamides is 1. The van der Waals surface area contributed by atoms with Gasteiger partial charge in [0.25, 0.3) is 0 Å². The summed E-state index contributed by atoms with van der Waals surface area (Å²) in [4.78, 5) is 5.53. The number of aliphatic imine (C=N–C) groups is 1. The molecule has 17 heavy (non-hydrogen) atoms. The van der Waals surface area contributed by atoms with E-state index in [0.29, 0.717) is 5.92 Å². The maximum atomic E-state index is 11.3. The minimum absolute atomic E-state index is 0.227. The Morgan fingerprint density at radius 1 is 1.53 bits per heavy atom. The summed E-state index contributed by atoms with van der Waals surface area (Å²) in [6, 6.07) is 3.41. The Labute approximate surface area is 105 Å². The molecule has 1 aliphatic carbocycles. The summed E-state index contributed by atoms with van der Waals surface area (Å²) in [6.07, 6.45) is 2.28. The monoisotopic (exact) mass is 270 g/mol. The number of nitrogens with two attached hydrogens (primary N) is 1. The van der Waals surface area contributed by atoms with Gasteiger partial charge in [0.05, 0.1) is 10.6 Å². The van der Waals surface area contributed by atoms with Gasteiger partial charge in [-0.15, -0.1) is 11.3 Å². The number of thiophene rings is 1. The molecule has 1 aromatic heterocycles. The summed E-state index contributed by atoms with van der Waals surface area (Å²) in [5, 5.41) is 5.12. The second-order valence-electron chi connectivity index (χ2n) is 4.91. The molecule has 2 atom stereocenters. The lowest BCUT2D eigenvalue weighted by Gasteiger charge is -2.09. The number of sulfonamides is 1. The second kappa shape index (κ2) is 3.40. The van der Waals surface area contributed by atoms with E-state index in [1.165, 1.54) is 17.8 Å². The van der Waals surface area contributed by atoms with Gasteiger partial charge in [-0.3, -0.25) is 4.99 Å². The molecule has 1 spiro atoms. The van der Waals surface area contributed by atoms with E-state index in [-0.39, 0.29) is 9.62 Å². The smallest absolute Gasteiger partial charge is 0.247 e. The molecule has 0 saturated heterocycles. The lowest BCUT2D eigenvalue weighted by atomic mass is 9.95. The van der Waals surface area contributed by atoms with Crippen LogP contribution in [-0.2, 0) is 10.0 Å². The highest BCUT2D eigenvalue weighted by atomic mass is 32.2. The summed E-state index contributed by atoms with van der Waals surface area (Å²) < 4.78 is 22.7. The van der Waals surface area contributed by atoms with Crippen LogP contribution in [0.2, 0.25) is 0 Å². The topological polar surface area (TPSA) is 72.5 Å². The van der Waals surface area contributed by atoms with Gasteiger partial charge < -0.3 is 0 Å². The lowest BCUT2D eigenvalue weighted by Crippen LogP contribution is -2.13. The molecule has 0 radical (unpaired) electrons. The molecule has 0 bridgehead atoms. The minimum Gasteiger partial charge on any atom is -0.288 e. The standard InChI is InChI=1S/C11H14N2O2S2/c1-7-6-11(7)4-5-13-10(11)8-2-3-9(16-8)17(12,14)15/h2-3,7H,4-6H2,1H3,(H2,12,14,15). The van der Waals surface area contributed by atoms with Gasteiger partial charge in [0, 0.05) is 12.0 Å². The molecule has 3 rings (SSSR count). The number of hydrogen-bond acceptors (Lipinski definition) is 4. The highest BCUT2D eigenvalue weighted by molar-refractivity contribution is 7.91. The second-order valence-corrected chi connectivity index (χ2v) is 7.78. The lowest BCUT2D eigenvalue weighted by molar-refractivity contribution is 0.600. The van der Waals surface area contributed by atoms with Crippen molar-refractivity contribution in [3.63, 3.8) is 0 Å². The van der Waals surface area contributed by atoms with Gasteiger partial charge in [0.2, 0.25) is 10.0 Å². The third kappa shape index (κ3) is 1.66. The van der Waals surface area contributed by atoms with Crippen molar-refractivity contribution in [3.05, 3.63) is 17.0 Å². The van der Waals surface area contributed by atoms with Crippen molar-refractivity contribution in [2.24, 2.45) is 21.5 Å². The molecule has 0 aromatic carbocycles. The average molecular weight is 270 g/mol. The van der Waals surface area contributed by atoms with Crippen molar-refractivity contribution in [1.82, 2.24) is 0 Å². The van der Waals surface area contributed by atoms with E-state index < -0.39 is 10.0 Å². The first-order valence-electron chi connectivity index (χ1n) is 5.61. The van der Waals surface area contributed by atoms with Crippen molar-refractivity contribution >= 4 is 27.1 Å². The fraction of sp³-hybridized carbons (Fsp3) is 0.545. The summed E-state index contributed by atoms with van der Waals surface area (Å²) in [7, 11) is -3.58. The quantitative estimate of drug-likeness (QED) is 0.886. The normalized spacial score (nSPS) is 31.9. The molecule has 1 aliphatic heterocycles. The van der Waals surface area contributed by atoms with E-state index in [0.717, 1.165) is 23.6 Å². The van der Waals surface area contributed by atoms with E-state index in [2.05, 4.69) is 11.9 Å². The van der Waals surface area contributed by atoms with Crippen molar-refractivity contribution in [2.45, 2.75) is 24.0 Å². The Bertz CT molecular complexity index is 603. The Morgan fingerprint density at radius 3 is 2.76 bits per heavy atom. The van der Waals surface area contributed by atoms with Crippen molar-refractivity contribution in [1.29, 1.82) is 0 Å². The van der Waals surface area contributed by atoms with E-state index in [1.54, 1.807) is 6.07 Å². The SMILES string of the molecule is CC1CC12CCN=C2c1ccc(S(N)(=O)=O)s1. The van der Waals surface area contributed by atoms with Crippen LogP contribution in [0.4, 0.5) is 0 Å². The third-order valence-corrected chi connectivity index (χ3v) is 6.38. The molecule has 1 saturated carbocycles. The molecule has 0 amide bonds. The zero-order valence-electron chi connectivity index (χ0n) is 9.51. The highest BCUT2D eigenvalue weighted by Crippen LogP contribution is 2.59. The van der Waals surface area contributed by atoms with Gasteiger partial charge >= 0.3 is 0 Å². The Morgan fingerprint density at radius 2 is 2.24 bits per heavy atom. The largest absolute Gasteiger partial charge is 0.288 e. The summed E-state index contributed by atoms with van der Waals surface area (Å²) in [5.41, 5.74) is 1.34. The molecule has 92 valence electrons. The molecule has 6 heteroatoms. The number of rotatable bonds is 2. The molecular formula is C11H14N2O2S2. The van der Waals surface area contributed by atoms with Gasteiger partial charge in [-0.25, -0.2) is 13.6 Å². The number of nitrogens with zero attached hydrogens (tertiary/aromatic N) is 1. The van der Waals surface area contributed by atoms with Crippen LogP contribution in [0.15, 0.2) is 21.3 Å². The van der Waals surface area contributed by atoms with Crippen molar-refractivity contribution < 1.29 is 8.42 Å². The Hall–Kier alpha value is -0.720. The molecular weight excluding hydrogens is 256 g/mol. The van der Waals surface area contributed by atoms with Gasteiger partial charge in [0.15, 0.2) is 0 Å². The van der Waals surface area contributed by atoms with Gasteiger partial charge in [-0.1, -0.05) is 6.92 Å². The van der Waals surface area contributed by atoms with Crippen LogP contribution < -0.4 is 5.14 Å². The first-order chi connectivity index (χ1) is 7.93. The highest BCUT2D eigenvalue weighted by Gasteiger charge is 2.56. The zero-order chi connectivity index (χ0) is 12.3. The molecule has 1 aromatic rings. The Balaban J connectivity index is 1.99. The van der Waals surface area contributed by atoms with Crippen LogP contribution in [0.25, 0.3) is 0 Å². The Kier molecular flexibility index (Phi) is 2.27. The van der Waals surface area contributed by atoms with Gasteiger partial charge in [0.1, 0.15) is 4.21 Å². The molecule has 2 heterocycles. The van der Waals surface area contributed by atoms with E-state index in [9.17, 15) is 8.42 Å². The third-order valence-electron chi connectivity index (χ3n) is 3.85. The fourth-order valence-corrected chi connectivity index (χ4v) is 4.58. The first-order valence-corrected chi connectivity index (χ1v) is 7.98. The fourth-order valence-electron chi connectivity index (χ4n) is 2.73. The van der Waals surface area contributed by atoms with Crippen molar-refractivity contribution in [3.8, 4) is 0 Å². The molecule has 2 aliphatic rings. The maximum absolute atomic E-state index is 11.3. The molecule has 4 nitrogen and oxygen atoms in total. The average Bonchev–Trinajstić information content (AvgIpc) is 2.69. The number of hydrogen-bond donors (Lipinski definition) is 1. The van der Waals surface area contributed by atoms with Crippen LogP contribution in [-0.4, -0.2) is 20.7 Å². The van der Waals surface area contributed by atoms with Crippen molar-refractivity contribution in [2.75, 3.05) is 6.54 Å². The molecule has 2 unspecified atom stereocenters. The van der Waals surface area contributed by atoms with Crippen LogP contribution in [0.5, 0.6) is 0 Å². The first kappa shape index (κ1) is 11.4. The zero-order valence-corrected chi connectivity index (χ0v) is 11.1. The van der Waals surface area contributed by atoms with E-state index in [4.69, 9.17) is 5.14 Å². The maximum Gasteiger partial charge on any atom is 0.247 e. The van der Waals surface area contributed by atoms with Crippen LogP contribution in [0, 0.1) is 11.3 Å². The van der Waals surface area contributed by atoms with Gasteiger partial charge in [-0.05, 0) is 30.9 Å². The summed E-state index contributed by atoms with van der Waals surface area (Å²) in [5.74, 6) is 0.670. The minimum atomic E-state index is -3.58. The molecule has 2 N–H and O–H groups in total. The van der Waals surface area contributed by atoms with Crippen LogP contribution in [0.1, 0.15) is 24.6 Å². The van der Waals surface area contributed by atoms with E-state index in [1.807, 2.05) is 6.07 Å². The van der Waals surface area contributed by atoms with Crippen LogP contribution in [0.3, 0.4) is 0 Å². The summed E-state index contributed by atoms with van der Waals surface area (Å²) in [6.45, 7) is 3.09. The predicted molar refractivity (Wildman–Crippen MR) is 67.9 cm³/mol. The van der Waals surface area contributed by atoms with E-state index >= 15 is 0 Å². The van der Waals surface area contributed by atoms with Gasteiger partial charge in [-0.2, -0.15) is 0 Å².